The number of anilines is 1. The van der Waals surface area contributed by atoms with Crippen molar-refractivity contribution in [3.05, 3.63) is 11.3 Å². The molecule has 0 saturated heterocycles. The number of aromatic nitrogens is 2. The molecule has 1 fully saturated rings. The van der Waals surface area contributed by atoms with Gasteiger partial charge in [-0.15, -0.1) is 0 Å². The lowest BCUT2D eigenvalue weighted by Gasteiger charge is -2.15. The zero-order chi connectivity index (χ0) is 10.4. The third-order valence-corrected chi connectivity index (χ3v) is 3.00. The van der Waals surface area contributed by atoms with Crippen LogP contribution in [-0.4, -0.2) is 27.4 Å². The van der Waals surface area contributed by atoms with Crippen molar-refractivity contribution in [2.24, 2.45) is 0 Å². The molecule has 2 aliphatic rings. The number of nitrogens with zero attached hydrogens (tertiary/aromatic N) is 2. The predicted molar refractivity (Wildman–Crippen MR) is 54.3 cm³/mol. The Bertz CT molecular complexity index is 421. The summed E-state index contributed by atoms with van der Waals surface area (Å²) in [6, 6.07) is 0. The summed E-state index contributed by atoms with van der Waals surface area (Å²) in [5, 5.41) is 16.7. The van der Waals surface area contributed by atoms with Gasteiger partial charge >= 0.3 is 5.97 Å². The average molecular weight is 207 g/mol. The van der Waals surface area contributed by atoms with E-state index in [1.807, 2.05) is 0 Å². The van der Waals surface area contributed by atoms with Crippen molar-refractivity contribution in [3.63, 3.8) is 0 Å². The Morgan fingerprint density at radius 1 is 1.53 bits per heavy atom. The number of carbonyl (C=O) groups is 1. The van der Waals surface area contributed by atoms with E-state index in [-0.39, 0.29) is 0 Å². The summed E-state index contributed by atoms with van der Waals surface area (Å²) < 4.78 is 1.81. The normalized spacial score (nSPS) is 19.5. The third kappa shape index (κ3) is 1.30. The number of carboxylic acids is 1. The van der Waals surface area contributed by atoms with Gasteiger partial charge in [0.2, 0.25) is 0 Å². The van der Waals surface area contributed by atoms with Crippen LogP contribution in [0.15, 0.2) is 0 Å². The van der Waals surface area contributed by atoms with Crippen molar-refractivity contribution in [3.8, 4) is 0 Å². The maximum absolute atomic E-state index is 11.2. The topological polar surface area (TPSA) is 67.1 Å². The van der Waals surface area contributed by atoms with Gasteiger partial charge in [-0.25, -0.2) is 9.48 Å². The molecule has 15 heavy (non-hydrogen) atoms. The molecule has 0 bridgehead atoms. The van der Waals surface area contributed by atoms with E-state index in [1.165, 1.54) is 0 Å². The van der Waals surface area contributed by atoms with Crippen LogP contribution in [0.2, 0.25) is 0 Å². The monoisotopic (exact) mass is 207 g/mol. The first-order valence-electron chi connectivity index (χ1n) is 5.35. The Balaban J connectivity index is 2.13. The van der Waals surface area contributed by atoms with Crippen molar-refractivity contribution in [1.82, 2.24) is 9.78 Å². The van der Waals surface area contributed by atoms with E-state index in [4.69, 9.17) is 0 Å². The van der Waals surface area contributed by atoms with E-state index in [9.17, 15) is 9.90 Å². The first kappa shape index (κ1) is 8.76. The van der Waals surface area contributed by atoms with Crippen molar-refractivity contribution in [2.75, 3.05) is 11.9 Å². The molecule has 1 aliphatic carbocycles. The minimum atomic E-state index is -0.854. The molecular weight excluding hydrogens is 194 g/mol. The van der Waals surface area contributed by atoms with Crippen LogP contribution < -0.4 is 5.32 Å². The van der Waals surface area contributed by atoms with Gasteiger partial charge in [-0.2, -0.15) is 5.10 Å². The molecule has 5 nitrogen and oxygen atoms in total. The van der Waals surface area contributed by atoms with Gasteiger partial charge in [-0.05, 0) is 19.3 Å². The van der Waals surface area contributed by atoms with E-state index in [0.717, 1.165) is 38.0 Å². The summed E-state index contributed by atoms with van der Waals surface area (Å²) >= 11 is 0. The molecule has 1 saturated carbocycles. The Morgan fingerprint density at radius 2 is 2.33 bits per heavy atom. The van der Waals surface area contributed by atoms with E-state index >= 15 is 0 Å². The van der Waals surface area contributed by atoms with Crippen LogP contribution in [0, 0.1) is 0 Å². The first-order valence-corrected chi connectivity index (χ1v) is 5.35. The number of aryl methyl sites for hydroxylation is 1. The molecular formula is C10H13N3O2. The Kier molecular flexibility index (Phi) is 1.74. The molecule has 0 unspecified atom stereocenters. The van der Waals surface area contributed by atoms with Crippen molar-refractivity contribution >= 4 is 11.8 Å². The van der Waals surface area contributed by atoms with Crippen LogP contribution in [0.5, 0.6) is 0 Å². The predicted octanol–water partition coefficient (Wildman–Crippen LogP) is 1.27. The van der Waals surface area contributed by atoms with Gasteiger partial charge in [0, 0.05) is 19.0 Å². The third-order valence-electron chi connectivity index (χ3n) is 3.00. The molecule has 2 N–H and O–H groups in total. The van der Waals surface area contributed by atoms with Gasteiger partial charge in [-0.3, -0.25) is 0 Å². The number of rotatable bonds is 2. The second-order valence-corrected chi connectivity index (χ2v) is 4.19. The number of nitrogens with one attached hydrogen (secondary N) is 1. The molecule has 1 aliphatic heterocycles. The second kappa shape index (κ2) is 2.98. The Labute approximate surface area is 87.1 Å². The highest BCUT2D eigenvalue weighted by atomic mass is 16.4. The summed E-state index contributed by atoms with van der Waals surface area (Å²) in [7, 11) is 0. The molecule has 1 aromatic rings. The van der Waals surface area contributed by atoms with Crippen LogP contribution in [0.25, 0.3) is 0 Å². The average Bonchev–Trinajstić information content (AvgIpc) is 2.98. The van der Waals surface area contributed by atoms with E-state index in [0.29, 0.717) is 17.3 Å². The summed E-state index contributed by atoms with van der Waals surface area (Å²) in [5.41, 5.74) is 1.18. The molecule has 3 rings (SSSR count). The highest BCUT2D eigenvalue weighted by molar-refractivity contribution is 5.95. The number of aromatic carboxylic acids is 1. The van der Waals surface area contributed by atoms with Gasteiger partial charge in [0.15, 0.2) is 0 Å². The molecule has 5 heteroatoms. The number of fused-ring (bicyclic) bond motifs is 1. The lowest BCUT2D eigenvalue weighted by molar-refractivity contribution is 0.0696. The summed E-state index contributed by atoms with van der Waals surface area (Å²) in [5.74, 6) is 0.235. The highest BCUT2D eigenvalue weighted by Gasteiger charge is 2.35. The number of hydrogen-bond acceptors (Lipinski definition) is 3. The largest absolute Gasteiger partial charge is 0.477 e. The van der Waals surface area contributed by atoms with Gasteiger partial charge in [0.25, 0.3) is 0 Å². The number of carboxylic acid groups (broad SMARTS) is 1. The molecule has 1 aromatic heterocycles. The molecule has 80 valence electrons. The molecule has 0 radical (unpaired) electrons. The van der Waals surface area contributed by atoms with E-state index < -0.39 is 5.97 Å². The van der Waals surface area contributed by atoms with Crippen molar-refractivity contribution in [2.45, 2.75) is 31.7 Å². The molecule has 0 aromatic carbocycles. The van der Waals surface area contributed by atoms with Crippen LogP contribution in [0.4, 0.5) is 5.82 Å². The van der Waals surface area contributed by atoms with E-state index in [2.05, 4.69) is 10.4 Å². The van der Waals surface area contributed by atoms with Gasteiger partial charge in [0.05, 0.1) is 5.69 Å². The van der Waals surface area contributed by atoms with Gasteiger partial charge < -0.3 is 10.4 Å². The molecule has 0 atom stereocenters. The lowest BCUT2D eigenvalue weighted by atomic mass is 10.1. The highest BCUT2D eigenvalue weighted by Crippen LogP contribution is 2.43. The maximum Gasteiger partial charge on any atom is 0.341 e. The van der Waals surface area contributed by atoms with Crippen molar-refractivity contribution < 1.29 is 9.90 Å². The van der Waals surface area contributed by atoms with Gasteiger partial charge in [0.1, 0.15) is 11.4 Å². The SMILES string of the molecule is O=C(O)c1c(C2CC2)nn2c1NCCC2. The summed E-state index contributed by atoms with van der Waals surface area (Å²) in [6.07, 6.45) is 3.17. The summed E-state index contributed by atoms with van der Waals surface area (Å²) in [6.45, 7) is 1.67. The lowest BCUT2D eigenvalue weighted by Crippen LogP contribution is -2.19. The van der Waals surface area contributed by atoms with Crippen LogP contribution in [0.1, 0.15) is 41.2 Å². The van der Waals surface area contributed by atoms with E-state index in [1.54, 1.807) is 4.68 Å². The molecule has 2 heterocycles. The van der Waals surface area contributed by atoms with Crippen LogP contribution >= 0.6 is 0 Å². The maximum atomic E-state index is 11.2. The molecule has 0 spiro atoms. The molecule has 0 amide bonds. The first-order chi connectivity index (χ1) is 7.27. The fourth-order valence-corrected chi connectivity index (χ4v) is 2.11. The quantitative estimate of drug-likeness (QED) is 0.766. The van der Waals surface area contributed by atoms with Gasteiger partial charge in [-0.1, -0.05) is 0 Å². The Hall–Kier alpha value is -1.52. The second-order valence-electron chi connectivity index (χ2n) is 4.19. The van der Waals surface area contributed by atoms with Crippen molar-refractivity contribution in [1.29, 1.82) is 0 Å². The number of hydrogen-bond donors (Lipinski definition) is 2. The minimum Gasteiger partial charge on any atom is -0.477 e. The fraction of sp³-hybridized carbons (Fsp3) is 0.600. The van der Waals surface area contributed by atoms with Crippen LogP contribution in [-0.2, 0) is 6.54 Å². The Morgan fingerprint density at radius 3 is 3.00 bits per heavy atom. The zero-order valence-corrected chi connectivity index (χ0v) is 8.36. The van der Waals surface area contributed by atoms with Crippen LogP contribution in [0.3, 0.4) is 0 Å². The smallest absolute Gasteiger partial charge is 0.341 e. The minimum absolute atomic E-state index is 0.385. The summed E-state index contributed by atoms with van der Waals surface area (Å²) in [4.78, 5) is 11.2. The standard InChI is InChI=1S/C10H13N3O2/c14-10(15)7-8(6-2-3-6)12-13-5-1-4-11-9(7)13/h6,11H,1-5H2,(H,14,15). The zero-order valence-electron chi connectivity index (χ0n) is 8.36. The fourth-order valence-electron chi connectivity index (χ4n) is 2.11.